The second kappa shape index (κ2) is 6.91. The van der Waals surface area contributed by atoms with Gasteiger partial charge in [-0.1, -0.05) is 0 Å². The molecule has 0 unspecified atom stereocenters. The number of halogens is 2. The lowest BCUT2D eigenvalue weighted by Crippen LogP contribution is -2.03. The van der Waals surface area contributed by atoms with E-state index in [0.717, 1.165) is 31.6 Å². The number of rotatable bonds is 5. The number of hydrogen-bond acceptors (Lipinski definition) is 3. The fourth-order valence-electron chi connectivity index (χ4n) is 2.91. The predicted molar refractivity (Wildman–Crippen MR) is 103 cm³/mol. The van der Waals surface area contributed by atoms with Crippen LogP contribution < -0.4 is 0 Å². The van der Waals surface area contributed by atoms with E-state index in [1.165, 1.54) is 0 Å². The minimum atomic E-state index is -0.438. The van der Waals surface area contributed by atoms with Crippen molar-refractivity contribution in [1.82, 2.24) is 24.1 Å². The number of fused-ring (bicyclic) bond motifs is 1. The monoisotopic (exact) mass is 447 g/mol. The second-order valence-electron chi connectivity index (χ2n) is 5.73. The van der Waals surface area contributed by atoms with Crippen molar-refractivity contribution in [2.45, 2.75) is 13.1 Å². The molecule has 4 aromatic rings. The molecule has 0 aliphatic carbocycles. The molecule has 0 radical (unpaired) electrons. The molecule has 0 saturated carbocycles. The van der Waals surface area contributed by atoms with Crippen LogP contribution in [0.2, 0.25) is 0 Å². The van der Waals surface area contributed by atoms with E-state index in [9.17, 15) is 4.39 Å². The van der Waals surface area contributed by atoms with Gasteiger partial charge in [0.15, 0.2) is 0 Å². The van der Waals surface area contributed by atoms with Gasteiger partial charge in [0.1, 0.15) is 12.5 Å². The van der Waals surface area contributed by atoms with E-state index in [2.05, 4.69) is 32.6 Å². The van der Waals surface area contributed by atoms with Crippen LogP contribution in [0.5, 0.6) is 0 Å². The molecule has 1 aromatic carbocycles. The highest BCUT2D eigenvalue weighted by Crippen LogP contribution is 2.26. The number of benzene rings is 1. The maximum absolute atomic E-state index is 13.1. The molecule has 126 valence electrons. The molecule has 5 nitrogen and oxygen atoms in total. The highest BCUT2D eigenvalue weighted by Gasteiger charge is 2.14. The third-order valence-electron chi connectivity index (χ3n) is 4.00. The number of aryl methyl sites for hydroxylation is 1. The van der Waals surface area contributed by atoms with E-state index in [0.29, 0.717) is 6.54 Å². The first kappa shape index (κ1) is 16.2. The van der Waals surface area contributed by atoms with Crippen LogP contribution in [0.1, 0.15) is 5.56 Å². The van der Waals surface area contributed by atoms with Gasteiger partial charge in [-0.05, 0) is 52.4 Å². The van der Waals surface area contributed by atoms with Crippen LogP contribution >= 0.6 is 22.6 Å². The van der Waals surface area contributed by atoms with Gasteiger partial charge in [-0.25, -0.2) is 14.4 Å². The molecular formula is C18H15FIN5. The Kier molecular flexibility index (Phi) is 4.48. The first-order valence-electron chi connectivity index (χ1n) is 7.86. The fraction of sp³-hybridized carbons (Fsp3) is 0.167. The summed E-state index contributed by atoms with van der Waals surface area (Å²) in [6, 6.07) is 8.06. The van der Waals surface area contributed by atoms with Crippen LogP contribution in [0.25, 0.3) is 22.4 Å². The Hall–Kier alpha value is -2.29. The lowest BCUT2D eigenvalue weighted by molar-refractivity contribution is 0.451. The van der Waals surface area contributed by atoms with Crippen molar-refractivity contribution in [3.05, 3.63) is 64.5 Å². The fourth-order valence-corrected chi connectivity index (χ4v) is 3.39. The molecule has 0 saturated heterocycles. The van der Waals surface area contributed by atoms with E-state index in [4.69, 9.17) is 4.98 Å². The molecule has 0 amide bonds. The smallest absolute Gasteiger partial charge is 0.142 e. The zero-order chi connectivity index (χ0) is 17.2. The molecule has 0 aliphatic rings. The van der Waals surface area contributed by atoms with Gasteiger partial charge in [-0.2, -0.15) is 0 Å². The predicted octanol–water partition coefficient (Wildman–Crippen LogP) is 3.92. The van der Waals surface area contributed by atoms with Gasteiger partial charge in [0, 0.05) is 33.9 Å². The average Bonchev–Trinajstić information content (AvgIpc) is 3.24. The van der Waals surface area contributed by atoms with Gasteiger partial charge in [0.05, 0.1) is 30.5 Å². The largest absolute Gasteiger partial charge is 0.333 e. The molecule has 4 rings (SSSR count). The molecule has 25 heavy (non-hydrogen) atoms. The summed E-state index contributed by atoms with van der Waals surface area (Å²) < 4.78 is 18.1. The summed E-state index contributed by atoms with van der Waals surface area (Å²) >= 11 is 2.26. The number of nitrogens with zero attached hydrogens (tertiary/aromatic N) is 5. The molecule has 0 bridgehead atoms. The maximum atomic E-state index is 13.1. The Morgan fingerprint density at radius 2 is 2.04 bits per heavy atom. The van der Waals surface area contributed by atoms with Crippen molar-refractivity contribution in [3.8, 4) is 11.4 Å². The number of alkyl halides is 1. The van der Waals surface area contributed by atoms with Crippen molar-refractivity contribution in [1.29, 1.82) is 0 Å². The molecule has 0 aliphatic heterocycles. The summed E-state index contributed by atoms with van der Waals surface area (Å²) in [4.78, 5) is 13.1. The number of imidazole rings is 2. The van der Waals surface area contributed by atoms with E-state index in [1.54, 1.807) is 18.7 Å². The van der Waals surface area contributed by atoms with Crippen LogP contribution in [0.4, 0.5) is 4.39 Å². The molecular weight excluding hydrogens is 432 g/mol. The van der Waals surface area contributed by atoms with Crippen LogP contribution in [0.15, 0.2) is 55.4 Å². The summed E-state index contributed by atoms with van der Waals surface area (Å²) in [5, 5.41) is 0. The van der Waals surface area contributed by atoms with Gasteiger partial charge in [-0.15, -0.1) is 0 Å². The van der Waals surface area contributed by atoms with E-state index < -0.39 is 6.67 Å². The summed E-state index contributed by atoms with van der Waals surface area (Å²) in [5.41, 5.74) is 3.74. The highest BCUT2D eigenvalue weighted by molar-refractivity contribution is 14.1. The van der Waals surface area contributed by atoms with Gasteiger partial charge in [0.2, 0.25) is 0 Å². The molecule has 0 atom stereocenters. The Labute approximate surface area is 157 Å². The van der Waals surface area contributed by atoms with Crippen molar-refractivity contribution in [2.75, 3.05) is 6.67 Å². The molecule has 0 N–H and O–H groups in total. The second-order valence-corrected chi connectivity index (χ2v) is 6.97. The van der Waals surface area contributed by atoms with Crippen LogP contribution in [-0.2, 0) is 13.1 Å². The van der Waals surface area contributed by atoms with E-state index >= 15 is 0 Å². The lowest BCUT2D eigenvalue weighted by atomic mass is 10.2. The summed E-state index contributed by atoms with van der Waals surface area (Å²) in [6.07, 6.45) is 9.03. The Morgan fingerprint density at radius 3 is 2.84 bits per heavy atom. The molecule has 7 heteroatoms. The van der Waals surface area contributed by atoms with Gasteiger partial charge in [0.25, 0.3) is 0 Å². The third-order valence-corrected chi connectivity index (χ3v) is 4.67. The third kappa shape index (κ3) is 3.28. The summed E-state index contributed by atoms with van der Waals surface area (Å²) in [7, 11) is 0. The quantitative estimate of drug-likeness (QED) is 0.436. The normalized spacial score (nSPS) is 11.3. The highest BCUT2D eigenvalue weighted by atomic mass is 127. The number of aromatic nitrogens is 5. The molecule has 3 aromatic heterocycles. The van der Waals surface area contributed by atoms with Gasteiger partial charge in [-0.3, -0.25) is 4.98 Å². The van der Waals surface area contributed by atoms with Crippen molar-refractivity contribution in [3.63, 3.8) is 0 Å². The van der Waals surface area contributed by atoms with Gasteiger partial charge >= 0.3 is 0 Å². The van der Waals surface area contributed by atoms with Crippen LogP contribution in [0.3, 0.4) is 0 Å². The van der Waals surface area contributed by atoms with Gasteiger partial charge < -0.3 is 9.13 Å². The molecule has 3 heterocycles. The SMILES string of the molecule is FCCn1c(-c2cncc(Cn3ccnc3)c2)nc2ccc(I)cc21. The summed E-state index contributed by atoms with van der Waals surface area (Å²) in [6.45, 7) is 0.520. The van der Waals surface area contributed by atoms with E-state index in [-0.39, 0.29) is 6.54 Å². The minimum absolute atomic E-state index is 0.275. The standard InChI is InChI=1S/C18H15FIN5/c19-3-5-25-17-8-15(20)1-2-16(17)23-18(25)14-7-13(9-22-10-14)11-24-6-4-21-12-24/h1-2,4,6-10,12H,3,5,11H2. The Balaban J connectivity index is 1.79. The van der Waals surface area contributed by atoms with Crippen molar-refractivity contribution in [2.24, 2.45) is 0 Å². The lowest BCUT2D eigenvalue weighted by Gasteiger charge is -2.08. The van der Waals surface area contributed by atoms with Crippen molar-refractivity contribution < 1.29 is 4.39 Å². The zero-order valence-corrected chi connectivity index (χ0v) is 15.5. The zero-order valence-electron chi connectivity index (χ0n) is 13.3. The first-order valence-corrected chi connectivity index (χ1v) is 8.94. The number of pyridine rings is 1. The Bertz CT molecular complexity index is 1010. The van der Waals surface area contributed by atoms with Crippen molar-refractivity contribution >= 4 is 33.6 Å². The maximum Gasteiger partial charge on any atom is 0.142 e. The minimum Gasteiger partial charge on any atom is -0.333 e. The Morgan fingerprint density at radius 1 is 1.12 bits per heavy atom. The number of hydrogen-bond donors (Lipinski definition) is 0. The first-order chi connectivity index (χ1) is 12.2. The molecule has 0 fully saturated rings. The summed E-state index contributed by atoms with van der Waals surface area (Å²) in [5.74, 6) is 0.745. The van der Waals surface area contributed by atoms with Crippen LogP contribution in [0, 0.1) is 3.57 Å². The molecule has 0 spiro atoms. The topological polar surface area (TPSA) is 48.5 Å². The van der Waals surface area contributed by atoms with Crippen LogP contribution in [-0.4, -0.2) is 30.8 Å². The average molecular weight is 447 g/mol. The van der Waals surface area contributed by atoms with E-state index in [1.807, 2.05) is 45.8 Å².